The quantitative estimate of drug-likeness (QED) is 0.753. The van der Waals surface area contributed by atoms with Gasteiger partial charge >= 0.3 is 0 Å². The Morgan fingerprint density at radius 3 is 2.88 bits per heavy atom. The summed E-state index contributed by atoms with van der Waals surface area (Å²) in [4.78, 5) is 15.8. The summed E-state index contributed by atoms with van der Waals surface area (Å²) in [7, 11) is 0. The van der Waals surface area contributed by atoms with Crippen LogP contribution in [0.15, 0.2) is 42.5 Å². The van der Waals surface area contributed by atoms with E-state index in [0.717, 1.165) is 25.0 Å². The van der Waals surface area contributed by atoms with Crippen molar-refractivity contribution in [2.45, 2.75) is 39.2 Å². The van der Waals surface area contributed by atoms with Crippen molar-refractivity contribution in [3.8, 4) is 5.75 Å². The van der Waals surface area contributed by atoms with E-state index in [1.165, 1.54) is 33.3 Å². The molecule has 0 bridgehead atoms. The topological polar surface area (TPSA) is 54.1 Å². The first kappa shape index (κ1) is 16.7. The molecular weight excluding hydrogens is 324 g/mol. The molecule has 26 heavy (non-hydrogen) atoms. The first-order valence-corrected chi connectivity index (χ1v) is 9.18. The minimum Gasteiger partial charge on any atom is -0.484 e. The fourth-order valence-corrected chi connectivity index (χ4v) is 3.73. The summed E-state index contributed by atoms with van der Waals surface area (Å²) in [6, 6.07) is 14.5. The van der Waals surface area contributed by atoms with Gasteiger partial charge in [0, 0.05) is 29.1 Å². The number of aromatic amines is 1. The number of benzene rings is 2. The second-order valence-corrected chi connectivity index (χ2v) is 7.17. The van der Waals surface area contributed by atoms with Gasteiger partial charge in [0.05, 0.1) is 0 Å². The minimum absolute atomic E-state index is 0.0541. The third-order valence-electron chi connectivity index (χ3n) is 5.31. The monoisotopic (exact) mass is 348 g/mol. The molecular formula is C22H24N2O2. The summed E-state index contributed by atoms with van der Waals surface area (Å²) < 4.78 is 5.64. The highest BCUT2D eigenvalue weighted by Gasteiger charge is 2.23. The zero-order valence-electron chi connectivity index (χ0n) is 15.3. The number of rotatable bonds is 4. The summed E-state index contributed by atoms with van der Waals surface area (Å²) in [6.45, 7) is 4.16. The number of carbonyl (C=O) groups is 1. The number of aryl methyl sites for hydroxylation is 3. The first-order chi connectivity index (χ1) is 12.6. The van der Waals surface area contributed by atoms with Gasteiger partial charge in [0.15, 0.2) is 6.61 Å². The van der Waals surface area contributed by atoms with Crippen LogP contribution in [0.4, 0.5) is 0 Å². The van der Waals surface area contributed by atoms with Crippen LogP contribution in [0.2, 0.25) is 0 Å². The first-order valence-electron chi connectivity index (χ1n) is 9.18. The van der Waals surface area contributed by atoms with Crippen molar-refractivity contribution in [3.05, 3.63) is 64.8 Å². The number of carbonyl (C=O) groups excluding carboxylic acids is 1. The number of aromatic nitrogens is 1. The van der Waals surface area contributed by atoms with E-state index in [9.17, 15) is 4.79 Å². The zero-order chi connectivity index (χ0) is 18.1. The van der Waals surface area contributed by atoms with Gasteiger partial charge in [-0.25, -0.2) is 0 Å². The molecule has 4 rings (SSSR count). The number of amides is 1. The fraction of sp³-hybridized carbons (Fsp3) is 0.318. The van der Waals surface area contributed by atoms with Gasteiger partial charge in [0.1, 0.15) is 5.75 Å². The molecule has 0 fully saturated rings. The molecule has 0 saturated carbocycles. The Morgan fingerprint density at radius 1 is 1.19 bits per heavy atom. The van der Waals surface area contributed by atoms with Crippen LogP contribution in [0.5, 0.6) is 5.75 Å². The number of H-pyrrole nitrogens is 1. The van der Waals surface area contributed by atoms with Crippen molar-refractivity contribution >= 4 is 16.8 Å². The maximum Gasteiger partial charge on any atom is 0.258 e. The second kappa shape index (κ2) is 6.87. The Hall–Kier alpha value is -2.75. The van der Waals surface area contributed by atoms with Crippen molar-refractivity contribution in [2.75, 3.05) is 6.61 Å². The predicted octanol–water partition coefficient (Wildman–Crippen LogP) is 3.84. The highest BCUT2D eigenvalue weighted by molar-refractivity contribution is 5.85. The van der Waals surface area contributed by atoms with Crippen molar-refractivity contribution in [3.63, 3.8) is 0 Å². The van der Waals surface area contributed by atoms with Crippen LogP contribution in [-0.4, -0.2) is 23.5 Å². The van der Waals surface area contributed by atoms with Gasteiger partial charge in [-0.1, -0.05) is 24.3 Å². The Balaban J connectivity index is 1.36. The Labute approximate surface area is 153 Å². The molecule has 4 nitrogen and oxygen atoms in total. The molecule has 1 aromatic heterocycles. The van der Waals surface area contributed by atoms with E-state index in [-0.39, 0.29) is 18.6 Å². The molecule has 134 valence electrons. The lowest BCUT2D eigenvalue weighted by molar-refractivity contribution is -0.123. The van der Waals surface area contributed by atoms with Crippen LogP contribution < -0.4 is 10.1 Å². The van der Waals surface area contributed by atoms with Gasteiger partial charge in [0.25, 0.3) is 5.91 Å². The van der Waals surface area contributed by atoms with Crippen LogP contribution in [0, 0.1) is 13.8 Å². The van der Waals surface area contributed by atoms with Crippen molar-refractivity contribution in [1.82, 2.24) is 10.3 Å². The van der Waals surface area contributed by atoms with E-state index >= 15 is 0 Å². The molecule has 1 unspecified atom stereocenters. The highest BCUT2D eigenvalue weighted by atomic mass is 16.5. The molecule has 2 N–H and O–H groups in total. The van der Waals surface area contributed by atoms with Crippen molar-refractivity contribution < 1.29 is 9.53 Å². The third-order valence-corrected chi connectivity index (χ3v) is 5.31. The van der Waals surface area contributed by atoms with Crippen LogP contribution in [0.25, 0.3) is 10.9 Å². The fourth-order valence-electron chi connectivity index (χ4n) is 3.73. The minimum atomic E-state index is -0.0622. The number of hydrogen-bond donors (Lipinski definition) is 2. The van der Waals surface area contributed by atoms with Crippen molar-refractivity contribution in [2.24, 2.45) is 0 Å². The lowest BCUT2D eigenvalue weighted by Crippen LogP contribution is -2.41. The van der Waals surface area contributed by atoms with Crippen LogP contribution in [-0.2, 0) is 17.6 Å². The molecule has 2 aromatic carbocycles. The van der Waals surface area contributed by atoms with E-state index in [0.29, 0.717) is 0 Å². The van der Waals surface area contributed by atoms with E-state index in [1.807, 2.05) is 31.2 Å². The lowest BCUT2D eigenvalue weighted by Gasteiger charge is -2.23. The third kappa shape index (κ3) is 3.32. The Morgan fingerprint density at radius 2 is 2.04 bits per heavy atom. The van der Waals surface area contributed by atoms with E-state index in [4.69, 9.17) is 4.74 Å². The number of ether oxygens (including phenoxy) is 1. The van der Waals surface area contributed by atoms with E-state index in [2.05, 4.69) is 35.4 Å². The van der Waals surface area contributed by atoms with E-state index < -0.39 is 0 Å². The number of fused-ring (bicyclic) bond motifs is 3. The summed E-state index contributed by atoms with van der Waals surface area (Å²) in [5.41, 5.74) is 6.22. The van der Waals surface area contributed by atoms with Gasteiger partial charge in [-0.05, 0) is 61.6 Å². The summed E-state index contributed by atoms with van der Waals surface area (Å²) >= 11 is 0. The van der Waals surface area contributed by atoms with Crippen LogP contribution >= 0.6 is 0 Å². The normalized spacial score (nSPS) is 16.3. The van der Waals surface area contributed by atoms with E-state index in [1.54, 1.807) is 0 Å². The average molecular weight is 348 g/mol. The van der Waals surface area contributed by atoms with Gasteiger partial charge in [-0.3, -0.25) is 4.79 Å². The molecule has 1 aliphatic carbocycles. The van der Waals surface area contributed by atoms with Crippen LogP contribution in [0.3, 0.4) is 0 Å². The summed E-state index contributed by atoms with van der Waals surface area (Å²) in [6.07, 6.45) is 2.80. The van der Waals surface area contributed by atoms with Crippen LogP contribution in [0.1, 0.15) is 28.8 Å². The zero-order valence-corrected chi connectivity index (χ0v) is 15.3. The Kier molecular flexibility index (Phi) is 4.41. The lowest BCUT2D eigenvalue weighted by atomic mass is 9.92. The van der Waals surface area contributed by atoms with Gasteiger partial charge in [-0.2, -0.15) is 0 Å². The molecule has 0 spiro atoms. The molecule has 1 atom stereocenters. The molecule has 0 saturated heterocycles. The second-order valence-electron chi connectivity index (χ2n) is 7.17. The Bertz CT molecular complexity index is 958. The standard InChI is InChI=1S/C22H24N2O2/c1-14-7-9-17(11-15(14)2)26-13-22(25)23-16-8-10-19-18-5-3-4-6-20(18)24-21(19)12-16/h3-7,9,11,16,24H,8,10,12-13H2,1-2H3,(H,23,25). The molecule has 1 aliphatic rings. The van der Waals surface area contributed by atoms with Gasteiger partial charge in [0.2, 0.25) is 0 Å². The smallest absolute Gasteiger partial charge is 0.258 e. The molecule has 3 aromatic rings. The highest BCUT2D eigenvalue weighted by Crippen LogP contribution is 2.29. The maximum absolute atomic E-state index is 12.3. The average Bonchev–Trinajstić information content (AvgIpc) is 3.00. The van der Waals surface area contributed by atoms with Crippen molar-refractivity contribution in [1.29, 1.82) is 0 Å². The SMILES string of the molecule is Cc1ccc(OCC(=O)NC2CCc3c([nH]c4ccccc34)C2)cc1C. The molecule has 4 heteroatoms. The van der Waals surface area contributed by atoms with Gasteiger partial charge < -0.3 is 15.0 Å². The maximum atomic E-state index is 12.3. The largest absolute Gasteiger partial charge is 0.484 e. The summed E-state index contributed by atoms with van der Waals surface area (Å²) in [5.74, 6) is 0.678. The molecule has 1 heterocycles. The predicted molar refractivity (Wildman–Crippen MR) is 104 cm³/mol. The number of para-hydroxylation sites is 1. The number of hydrogen-bond acceptors (Lipinski definition) is 2. The molecule has 1 amide bonds. The molecule has 0 aliphatic heterocycles. The summed E-state index contributed by atoms with van der Waals surface area (Å²) in [5, 5.41) is 4.43. The van der Waals surface area contributed by atoms with Gasteiger partial charge in [-0.15, -0.1) is 0 Å². The molecule has 0 radical (unpaired) electrons. The number of nitrogens with one attached hydrogen (secondary N) is 2.